The summed E-state index contributed by atoms with van der Waals surface area (Å²) in [6, 6.07) is 17.3. The molecule has 216 valence electrons. The molecule has 6 rings (SSSR count). The summed E-state index contributed by atoms with van der Waals surface area (Å²) >= 11 is 1.88. The molecular weight excluding hydrogens is 532 g/mol. The Morgan fingerprint density at radius 2 is 1.71 bits per heavy atom. The number of likely N-dealkylation sites (tertiary alicyclic amines) is 2. The van der Waals surface area contributed by atoms with E-state index in [2.05, 4.69) is 40.5 Å². The van der Waals surface area contributed by atoms with E-state index in [1.807, 2.05) is 62.1 Å². The highest BCUT2D eigenvalue weighted by atomic mass is 32.1. The monoisotopic (exact) mass is 572 g/mol. The van der Waals surface area contributed by atoms with Gasteiger partial charge in [0.15, 0.2) is 0 Å². The standard InChI is InChI=1S/C33H40N4O3S/c1-22-7-10-26(34-27-19-37(20-27)32(39)40-33(2,3)4)16-29(22)31(38)36-17-24-9-8-23(15-25(24)18-36)30-12-11-28(41-30)21-35-13-5-6-14-35/h7-12,15-16,27,34H,5-6,13-14,17-21H2,1-4H3. The fourth-order valence-electron chi connectivity index (χ4n) is 5.86. The second-order valence-electron chi connectivity index (χ2n) is 12.7. The Bertz CT molecular complexity index is 1450. The zero-order valence-electron chi connectivity index (χ0n) is 24.5. The fraction of sp³-hybridized carbons (Fsp3) is 0.455. The van der Waals surface area contributed by atoms with Crippen molar-refractivity contribution in [3.63, 3.8) is 0 Å². The molecule has 0 aliphatic carbocycles. The molecule has 3 aliphatic rings. The Kier molecular flexibility index (Phi) is 7.55. The van der Waals surface area contributed by atoms with E-state index in [-0.39, 0.29) is 18.0 Å². The second kappa shape index (κ2) is 11.1. The molecule has 0 atom stereocenters. The SMILES string of the molecule is Cc1ccc(NC2CN(C(=O)OC(C)(C)C)C2)cc1C(=O)N1Cc2ccc(-c3ccc(CN4CCCC4)s3)cc2C1. The minimum Gasteiger partial charge on any atom is -0.444 e. The molecule has 0 bridgehead atoms. The molecule has 41 heavy (non-hydrogen) atoms. The number of aryl methyl sites for hydroxylation is 1. The van der Waals surface area contributed by atoms with Gasteiger partial charge in [0.05, 0.1) is 6.04 Å². The van der Waals surface area contributed by atoms with Crippen LogP contribution in [-0.2, 0) is 24.4 Å². The van der Waals surface area contributed by atoms with E-state index in [4.69, 9.17) is 4.74 Å². The van der Waals surface area contributed by atoms with E-state index in [1.54, 1.807) is 4.90 Å². The van der Waals surface area contributed by atoms with E-state index in [1.165, 1.54) is 52.4 Å². The topological polar surface area (TPSA) is 65.1 Å². The van der Waals surface area contributed by atoms with Gasteiger partial charge in [-0.25, -0.2) is 4.79 Å². The highest BCUT2D eigenvalue weighted by Gasteiger charge is 2.34. The van der Waals surface area contributed by atoms with E-state index in [0.29, 0.717) is 26.2 Å². The van der Waals surface area contributed by atoms with Gasteiger partial charge in [-0.2, -0.15) is 0 Å². The summed E-state index contributed by atoms with van der Waals surface area (Å²) in [4.78, 5) is 34.8. The van der Waals surface area contributed by atoms with Crippen molar-refractivity contribution in [3.05, 3.63) is 75.7 Å². The molecule has 2 amide bonds. The molecule has 7 nitrogen and oxygen atoms in total. The maximum Gasteiger partial charge on any atom is 0.410 e. The molecule has 0 spiro atoms. The predicted molar refractivity (Wildman–Crippen MR) is 164 cm³/mol. The molecular formula is C33H40N4O3S. The fourth-order valence-corrected chi connectivity index (χ4v) is 6.91. The first-order valence-electron chi connectivity index (χ1n) is 14.7. The smallest absolute Gasteiger partial charge is 0.410 e. The lowest BCUT2D eigenvalue weighted by Gasteiger charge is -2.40. The van der Waals surface area contributed by atoms with Crippen LogP contribution in [0.5, 0.6) is 0 Å². The summed E-state index contributed by atoms with van der Waals surface area (Å²) in [6.45, 7) is 13.5. The molecule has 2 saturated heterocycles. The summed E-state index contributed by atoms with van der Waals surface area (Å²) in [5.74, 6) is 0.0527. The Hall–Kier alpha value is -3.36. The van der Waals surface area contributed by atoms with Crippen LogP contribution in [0, 0.1) is 6.92 Å². The zero-order valence-corrected chi connectivity index (χ0v) is 25.4. The van der Waals surface area contributed by atoms with Gasteiger partial charge < -0.3 is 19.9 Å². The molecule has 0 radical (unpaired) electrons. The minimum atomic E-state index is -0.501. The van der Waals surface area contributed by atoms with Crippen molar-refractivity contribution < 1.29 is 14.3 Å². The number of nitrogens with one attached hydrogen (secondary N) is 1. The summed E-state index contributed by atoms with van der Waals surface area (Å²) in [5.41, 5.74) is 5.77. The average Bonchev–Trinajstić information content (AvgIpc) is 3.66. The van der Waals surface area contributed by atoms with E-state index >= 15 is 0 Å². The number of rotatable bonds is 6. The first-order valence-corrected chi connectivity index (χ1v) is 15.5. The lowest BCUT2D eigenvalue weighted by atomic mass is 10.0. The van der Waals surface area contributed by atoms with Crippen LogP contribution in [-0.4, -0.2) is 64.5 Å². The maximum atomic E-state index is 13.7. The average molecular weight is 573 g/mol. The van der Waals surface area contributed by atoms with Crippen molar-refractivity contribution in [2.24, 2.45) is 0 Å². The van der Waals surface area contributed by atoms with Crippen LogP contribution >= 0.6 is 11.3 Å². The van der Waals surface area contributed by atoms with Gasteiger partial charge >= 0.3 is 6.09 Å². The summed E-state index contributed by atoms with van der Waals surface area (Å²) < 4.78 is 5.46. The third-order valence-electron chi connectivity index (χ3n) is 8.11. The molecule has 0 saturated carbocycles. The highest BCUT2D eigenvalue weighted by Crippen LogP contribution is 2.34. The number of ether oxygens (including phenoxy) is 1. The van der Waals surface area contributed by atoms with E-state index < -0.39 is 5.60 Å². The number of anilines is 1. The summed E-state index contributed by atoms with van der Waals surface area (Å²) in [5, 5.41) is 3.48. The number of amides is 2. The van der Waals surface area contributed by atoms with Crippen LogP contribution in [0.15, 0.2) is 48.5 Å². The normalized spacial score (nSPS) is 17.5. The van der Waals surface area contributed by atoms with Gasteiger partial charge in [0.1, 0.15) is 5.60 Å². The lowest BCUT2D eigenvalue weighted by molar-refractivity contribution is 0.0105. The predicted octanol–water partition coefficient (Wildman–Crippen LogP) is 6.51. The van der Waals surface area contributed by atoms with Gasteiger partial charge in [-0.1, -0.05) is 18.2 Å². The molecule has 1 aromatic heterocycles. The largest absolute Gasteiger partial charge is 0.444 e. The van der Waals surface area contributed by atoms with Crippen LogP contribution in [0.25, 0.3) is 10.4 Å². The van der Waals surface area contributed by atoms with Crippen LogP contribution < -0.4 is 5.32 Å². The van der Waals surface area contributed by atoms with Crippen LogP contribution in [0.4, 0.5) is 10.5 Å². The summed E-state index contributed by atoms with van der Waals surface area (Å²) in [6.07, 6.45) is 2.34. The molecule has 3 aromatic rings. The molecule has 0 unspecified atom stereocenters. The molecule has 2 aromatic carbocycles. The number of carbonyl (C=O) groups is 2. The van der Waals surface area contributed by atoms with Gasteiger partial charge in [0, 0.05) is 53.7 Å². The molecule has 2 fully saturated rings. The van der Waals surface area contributed by atoms with Gasteiger partial charge in [-0.05, 0) is 106 Å². The van der Waals surface area contributed by atoms with Crippen LogP contribution in [0.1, 0.15) is 65.5 Å². The number of hydrogen-bond acceptors (Lipinski definition) is 6. The molecule has 1 N–H and O–H groups in total. The molecule has 3 aliphatic heterocycles. The Balaban J connectivity index is 1.08. The second-order valence-corrected chi connectivity index (χ2v) is 13.8. The number of carbonyl (C=O) groups excluding carboxylic acids is 2. The van der Waals surface area contributed by atoms with Gasteiger partial charge in [-0.15, -0.1) is 11.3 Å². The maximum absolute atomic E-state index is 13.7. The lowest BCUT2D eigenvalue weighted by Crippen LogP contribution is -2.57. The van der Waals surface area contributed by atoms with Gasteiger partial charge in [0.25, 0.3) is 5.91 Å². The number of fused-ring (bicyclic) bond motifs is 1. The Morgan fingerprint density at radius 1 is 0.951 bits per heavy atom. The molecule has 8 heteroatoms. The third-order valence-corrected chi connectivity index (χ3v) is 9.23. The van der Waals surface area contributed by atoms with Crippen LogP contribution in [0.2, 0.25) is 0 Å². The Labute approximate surface area is 247 Å². The number of nitrogens with zero attached hydrogens (tertiary/aromatic N) is 3. The van der Waals surface area contributed by atoms with E-state index in [9.17, 15) is 9.59 Å². The molecule has 4 heterocycles. The van der Waals surface area contributed by atoms with Crippen molar-refractivity contribution in [2.45, 2.75) is 71.8 Å². The Morgan fingerprint density at radius 3 is 2.46 bits per heavy atom. The quantitative estimate of drug-likeness (QED) is 0.365. The van der Waals surface area contributed by atoms with Crippen molar-refractivity contribution in [3.8, 4) is 10.4 Å². The van der Waals surface area contributed by atoms with Crippen molar-refractivity contribution in [1.29, 1.82) is 0 Å². The van der Waals surface area contributed by atoms with Gasteiger partial charge in [-0.3, -0.25) is 9.69 Å². The first kappa shape index (κ1) is 27.8. The van der Waals surface area contributed by atoms with Gasteiger partial charge in [0.2, 0.25) is 0 Å². The third kappa shape index (κ3) is 6.28. The first-order chi connectivity index (χ1) is 19.6. The number of thiophene rings is 1. The highest BCUT2D eigenvalue weighted by molar-refractivity contribution is 7.15. The number of hydrogen-bond donors (Lipinski definition) is 1. The minimum absolute atomic E-state index is 0.0527. The zero-order chi connectivity index (χ0) is 28.7. The van der Waals surface area contributed by atoms with Crippen LogP contribution in [0.3, 0.4) is 0 Å². The number of benzene rings is 2. The van der Waals surface area contributed by atoms with Crippen molar-refractivity contribution in [2.75, 3.05) is 31.5 Å². The summed E-state index contributed by atoms with van der Waals surface area (Å²) in [7, 11) is 0. The van der Waals surface area contributed by atoms with Crippen molar-refractivity contribution >= 4 is 29.0 Å². The van der Waals surface area contributed by atoms with E-state index in [0.717, 1.165) is 23.4 Å². The van der Waals surface area contributed by atoms with Crippen molar-refractivity contribution in [1.82, 2.24) is 14.7 Å².